The smallest absolute Gasteiger partial charge is 0.102 e. The third-order valence-electron chi connectivity index (χ3n) is 2.50. The third kappa shape index (κ3) is 3.05. The summed E-state index contributed by atoms with van der Waals surface area (Å²) in [5.41, 5.74) is 7.95. The van der Waals surface area contributed by atoms with E-state index in [0.29, 0.717) is 32.4 Å². The predicted octanol–water partition coefficient (Wildman–Crippen LogP) is 3.74. The molecule has 0 radical (unpaired) electrons. The minimum atomic E-state index is 0.319. The van der Waals surface area contributed by atoms with Crippen LogP contribution >= 0.6 is 23.2 Å². The van der Waals surface area contributed by atoms with Crippen molar-refractivity contribution >= 4 is 34.5 Å². The normalized spacial score (nSPS) is 11.6. The number of nitrogens with zero attached hydrogens (tertiary/aromatic N) is 2. The molecule has 94 valence electrons. The molecule has 1 heterocycles. The fourth-order valence-electron chi connectivity index (χ4n) is 1.64. The van der Waals surface area contributed by atoms with E-state index in [9.17, 15) is 5.26 Å². The highest BCUT2D eigenvalue weighted by Crippen LogP contribution is 2.26. The maximum absolute atomic E-state index is 9.27. The highest BCUT2D eigenvalue weighted by Gasteiger charge is 2.09. The van der Waals surface area contributed by atoms with Gasteiger partial charge < -0.3 is 5.73 Å². The van der Waals surface area contributed by atoms with Crippen molar-refractivity contribution in [2.24, 2.45) is 5.73 Å². The number of benzene rings is 1. The second-order valence-corrected chi connectivity index (χ2v) is 4.67. The first-order valence-electron chi connectivity index (χ1n) is 5.38. The van der Waals surface area contributed by atoms with Crippen LogP contribution in [-0.4, -0.2) is 4.98 Å². The van der Waals surface area contributed by atoms with Gasteiger partial charge in [0.15, 0.2) is 0 Å². The van der Waals surface area contributed by atoms with Crippen molar-refractivity contribution in [1.82, 2.24) is 4.98 Å². The van der Waals surface area contributed by atoms with E-state index in [-0.39, 0.29) is 0 Å². The molecule has 2 N–H and O–H groups in total. The molecule has 0 atom stereocenters. The average molecular weight is 290 g/mol. The fourth-order valence-corrected chi connectivity index (χ4v) is 2.17. The van der Waals surface area contributed by atoms with E-state index >= 15 is 0 Å². The summed E-state index contributed by atoms with van der Waals surface area (Å²) in [4.78, 5) is 3.97. The van der Waals surface area contributed by atoms with E-state index < -0.39 is 0 Å². The van der Waals surface area contributed by atoms with Crippen molar-refractivity contribution in [1.29, 1.82) is 5.26 Å². The van der Waals surface area contributed by atoms with Crippen LogP contribution in [0.3, 0.4) is 0 Å². The quantitative estimate of drug-likeness (QED) is 0.857. The number of rotatable bonds is 2. The zero-order valence-electron chi connectivity index (χ0n) is 9.77. The number of aromatic nitrogens is 1. The number of nitrogens with two attached hydrogens (primary N) is 1. The lowest BCUT2D eigenvalue weighted by molar-refractivity contribution is 1.31. The standard InChI is InChI=1S/C14H9Cl2N3/c15-11-4-10(5-12(16)6-11)14(18)13(7-17)9-2-1-3-19-8-9/h1-6,8H,18H2/b14-13-. The Balaban J connectivity index is 2.59. The summed E-state index contributed by atoms with van der Waals surface area (Å²) in [5, 5.41) is 10.2. The molecule has 19 heavy (non-hydrogen) atoms. The predicted molar refractivity (Wildman–Crippen MR) is 77.3 cm³/mol. The van der Waals surface area contributed by atoms with Crippen LogP contribution in [-0.2, 0) is 0 Å². The van der Waals surface area contributed by atoms with Crippen LogP contribution in [0.25, 0.3) is 11.3 Å². The molecular weight excluding hydrogens is 281 g/mol. The van der Waals surface area contributed by atoms with E-state index in [1.165, 1.54) is 0 Å². The van der Waals surface area contributed by atoms with Crippen LogP contribution in [0.15, 0.2) is 42.7 Å². The van der Waals surface area contributed by atoms with Crippen molar-refractivity contribution in [3.63, 3.8) is 0 Å². The zero-order chi connectivity index (χ0) is 13.8. The van der Waals surface area contributed by atoms with Crippen molar-refractivity contribution in [2.75, 3.05) is 0 Å². The molecule has 3 nitrogen and oxygen atoms in total. The minimum absolute atomic E-state index is 0.319. The van der Waals surface area contributed by atoms with E-state index in [1.54, 1.807) is 42.7 Å². The molecule has 0 amide bonds. The first kappa shape index (κ1) is 13.4. The van der Waals surface area contributed by atoms with E-state index in [0.717, 1.165) is 0 Å². The van der Waals surface area contributed by atoms with Crippen LogP contribution in [0.4, 0.5) is 0 Å². The molecule has 0 aliphatic heterocycles. The van der Waals surface area contributed by atoms with Crippen molar-refractivity contribution in [3.8, 4) is 6.07 Å². The summed E-state index contributed by atoms with van der Waals surface area (Å²) >= 11 is 11.9. The molecule has 5 heteroatoms. The Labute approximate surface area is 120 Å². The molecule has 0 saturated carbocycles. The molecule has 0 fully saturated rings. The summed E-state index contributed by atoms with van der Waals surface area (Å²) < 4.78 is 0. The Morgan fingerprint density at radius 3 is 2.37 bits per heavy atom. The van der Waals surface area contributed by atoms with Gasteiger partial charge in [-0.15, -0.1) is 0 Å². The van der Waals surface area contributed by atoms with E-state index in [4.69, 9.17) is 28.9 Å². The van der Waals surface area contributed by atoms with Crippen LogP contribution in [0, 0.1) is 11.3 Å². The van der Waals surface area contributed by atoms with Gasteiger partial charge >= 0.3 is 0 Å². The summed E-state index contributed by atoms with van der Waals surface area (Å²) in [6.07, 6.45) is 3.21. The monoisotopic (exact) mass is 289 g/mol. The molecule has 0 bridgehead atoms. The van der Waals surface area contributed by atoms with Crippen LogP contribution in [0.1, 0.15) is 11.1 Å². The summed E-state index contributed by atoms with van der Waals surface area (Å²) in [7, 11) is 0. The molecule has 0 spiro atoms. The minimum Gasteiger partial charge on any atom is -0.397 e. The Bertz CT molecular complexity index is 653. The second kappa shape index (κ2) is 5.75. The van der Waals surface area contributed by atoms with Gasteiger partial charge in [-0.2, -0.15) is 5.26 Å². The van der Waals surface area contributed by atoms with Gasteiger partial charge in [0, 0.05) is 33.6 Å². The summed E-state index contributed by atoms with van der Waals surface area (Å²) in [5.74, 6) is 0. The summed E-state index contributed by atoms with van der Waals surface area (Å²) in [6, 6.07) is 10.5. The Morgan fingerprint density at radius 2 is 1.84 bits per heavy atom. The van der Waals surface area contributed by atoms with Gasteiger partial charge in [-0.1, -0.05) is 29.3 Å². The maximum atomic E-state index is 9.27. The first-order chi connectivity index (χ1) is 9.11. The highest BCUT2D eigenvalue weighted by atomic mass is 35.5. The lowest BCUT2D eigenvalue weighted by atomic mass is 10.0. The van der Waals surface area contributed by atoms with Crippen LogP contribution in [0.2, 0.25) is 10.0 Å². The van der Waals surface area contributed by atoms with Crippen LogP contribution in [0.5, 0.6) is 0 Å². The zero-order valence-corrected chi connectivity index (χ0v) is 11.3. The van der Waals surface area contributed by atoms with Gasteiger partial charge in [0.1, 0.15) is 6.07 Å². The first-order valence-corrected chi connectivity index (χ1v) is 6.14. The van der Waals surface area contributed by atoms with Gasteiger partial charge in [0.05, 0.1) is 11.3 Å². The molecule has 0 aliphatic rings. The molecule has 0 unspecified atom stereocenters. The molecular formula is C14H9Cl2N3. The van der Waals surface area contributed by atoms with Crippen LogP contribution < -0.4 is 5.73 Å². The lowest BCUT2D eigenvalue weighted by Crippen LogP contribution is -2.01. The van der Waals surface area contributed by atoms with E-state index in [2.05, 4.69) is 11.1 Å². The lowest BCUT2D eigenvalue weighted by Gasteiger charge is -2.07. The fraction of sp³-hybridized carbons (Fsp3) is 0. The molecule has 0 aliphatic carbocycles. The molecule has 0 saturated heterocycles. The number of hydrogen-bond donors (Lipinski definition) is 1. The van der Waals surface area contributed by atoms with E-state index in [1.807, 2.05) is 0 Å². The second-order valence-electron chi connectivity index (χ2n) is 3.80. The largest absolute Gasteiger partial charge is 0.397 e. The Kier molecular flexibility index (Phi) is 4.06. The van der Waals surface area contributed by atoms with Crippen molar-refractivity contribution < 1.29 is 0 Å². The maximum Gasteiger partial charge on any atom is 0.102 e. The van der Waals surface area contributed by atoms with Crippen molar-refractivity contribution in [2.45, 2.75) is 0 Å². The molecule has 2 rings (SSSR count). The molecule has 1 aromatic carbocycles. The molecule has 1 aromatic heterocycles. The molecule has 2 aromatic rings. The SMILES string of the molecule is N#C/C(=C(/N)c1cc(Cl)cc(Cl)c1)c1cccnc1. The highest BCUT2D eigenvalue weighted by molar-refractivity contribution is 6.35. The third-order valence-corrected chi connectivity index (χ3v) is 2.94. The number of halogens is 2. The van der Waals surface area contributed by atoms with Gasteiger partial charge in [0.25, 0.3) is 0 Å². The number of pyridine rings is 1. The van der Waals surface area contributed by atoms with Gasteiger partial charge in [0.2, 0.25) is 0 Å². The van der Waals surface area contributed by atoms with Gasteiger partial charge in [-0.05, 0) is 24.3 Å². The Morgan fingerprint density at radius 1 is 1.16 bits per heavy atom. The Hall–Kier alpha value is -2.02. The number of hydrogen-bond acceptors (Lipinski definition) is 3. The summed E-state index contributed by atoms with van der Waals surface area (Å²) in [6.45, 7) is 0. The number of nitriles is 1. The topological polar surface area (TPSA) is 62.7 Å². The van der Waals surface area contributed by atoms with Gasteiger partial charge in [-0.25, -0.2) is 0 Å². The average Bonchev–Trinajstić information content (AvgIpc) is 2.39. The van der Waals surface area contributed by atoms with Crippen molar-refractivity contribution in [3.05, 3.63) is 63.9 Å². The van der Waals surface area contributed by atoms with Gasteiger partial charge in [-0.3, -0.25) is 4.98 Å². The number of allylic oxidation sites excluding steroid dienone is 1.